The van der Waals surface area contributed by atoms with Gasteiger partial charge < -0.3 is 0 Å². The SMILES string of the molecule is Cc1ccc(C)c([PH3+])c1. The fourth-order valence-corrected chi connectivity index (χ4v) is 1.24. The Bertz CT molecular complexity index is 216. The van der Waals surface area contributed by atoms with Crippen LogP contribution in [0.2, 0.25) is 0 Å². The molecule has 0 nitrogen and oxygen atoms in total. The van der Waals surface area contributed by atoms with Gasteiger partial charge >= 0.3 is 0 Å². The van der Waals surface area contributed by atoms with E-state index in [1.54, 1.807) is 0 Å². The van der Waals surface area contributed by atoms with Crippen LogP contribution in [0.4, 0.5) is 0 Å². The summed E-state index contributed by atoms with van der Waals surface area (Å²) in [5, 5.41) is 1.41. The van der Waals surface area contributed by atoms with Crippen molar-refractivity contribution < 1.29 is 0 Å². The molecule has 1 aromatic rings. The normalized spacial score (nSPS) is 10.0. The van der Waals surface area contributed by atoms with Crippen LogP contribution in [0.15, 0.2) is 18.2 Å². The van der Waals surface area contributed by atoms with Crippen LogP contribution in [0.1, 0.15) is 11.1 Å². The second kappa shape index (κ2) is 2.49. The van der Waals surface area contributed by atoms with Gasteiger partial charge in [0, 0.05) is 9.24 Å². The molecular weight excluding hydrogens is 127 g/mol. The molecule has 0 fully saturated rings. The van der Waals surface area contributed by atoms with Crippen LogP contribution >= 0.6 is 9.24 Å². The summed E-state index contributed by atoms with van der Waals surface area (Å²) in [7, 11) is 1.95. The van der Waals surface area contributed by atoms with E-state index in [2.05, 4.69) is 32.0 Å². The van der Waals surface area contributed by atoms with Crippen molar-refractivity contribution in [3.8, 4) is 0 Å². The summed E-state index contributed by atoms with van der Waals surface area (Å²) in [5.74, 6) is 0. The molecular formula is C8H12P+. The maximum Gasteiger partial charge on any atom is 0.0896 e. The minimum Gasteiger partial charge on any atom is -0.0588 e. The average molecular weight is 139 g/mol. The average Bonchev–Trinajstić information content (AvgIpc) is 1.80. The van der Waals surface area contributed by atoms with Crippen molar-refractivity contribution in [3.05, 3.63) is 29.3 Å². The van der Waals surface area contributed by atoms with Gasteiger partial charge in [-0.05, 0) is 31.0 Å². The van der Waals surface area contributed by atoms with E-state index in [0.29, 0.717) is 0 Å². The van der Waals surface area contributed by atoms with Gasteiger partial charge in [-0.2, -0.15) is 0 Å². The van der Waals surface area contributed by atoms with E-state index < -0.39 is 0 Å². The Morgan fingerprint density at radius 1 is 1.22 bits per heavy atom. The summed E-state index contributed by atoms with van der Waals surface area (Å²) in [6.07, 6.45) is 0. The summed E-state index contributed by atoms with van der Waals surface area (Å²) in [5.41, 5.74) is 2.74. The van der Waals surface area contributed by atoms with Gasteiger partial charge in [-0.15, -0.1) is 0 Å². The van der Waals surface area contributed by atoms with Gasteiger partial charge in [-0.25, -0.2) is 0 Å². The Morgan fingerprint density at radius 2 is 1.89 bits per heavy atom. The molecule has 0 bridgehead atoms. The third kappa shape index (κ3) is 1.53. The zero-order valence-corrected chi connectivity index (χ0v) is 7.35. The van der Waals surface area contributed by atoms with Gasteiger partial charge in [0.2, 0.25) is 0 Å². The summed E-state index contributed by atoms with van der Waals surface area (Å²) in [6, 6.07) is 6.53. The molecule has 0 saturated heterocycles. The first-order chi connectivity index (χ1) is 4.20. The summed E-state index contributed by atoms with van der Waals surface area (Å²) < 4.78 is 0. The van der Waals surface area contributed by atoms with E-state index in [1.165, 1.54) is 16.4 Å². The molecule has 0 amide bonds. The summed E-state index contributed by atoms with van der Waals surface area (Å²) in [6.45, 7) is 4.26. The molecule has 0 aliphatic heterocycles. The fraction of sp³-hybridized carbons (Fsp3) is 0.250. The number of aryl methyl sites for hydroxylation is 2. The number of hydrogen-bond acceptors (Lipinski definition) is 0. The monoisotopic (exact) mass is 139 g/mol. The maximum absolute atomic E-state index is 2.22. The standard InChI is InChI=1S/C8H11P/c1-6-3-4-7(2)8(9)5-6/h3-5H,9H2,1-2H3/p+1. The van der Waals surface area contributed by atoms with Crippen molar-refractivity contribution in [2.45, 2.75) is 13.8 Å². The molecule has 0 heterocycles. The lowest BCUT2D eigenvalue weighted by molar-refractivity contribution is 1.43. The third-order valence-electron chi connectivity index (χ3n) is 1.50. The van der Waals surface area contributed by atoms with Crippen molar-refractivity contribution in [2.24, 2.45) is 0 Å². The van der Waals surface area contributed by atoms with E-state index in [1.807, 2.05) is 9.24 Å². The number of benzene rings is 1. The topological polar surface area (TPSA) is 0 Å². The van der Waals surface area contributed by atoms with E-state index in [0.717, 1.165) is 0 Å². The molecule has 1 heteroatoms. The molecule has 1 atom stereocenters. The minimum absolute atomic E-state index is 1.35. The fourth-order valence-electron chi connectivity index (χ4n) is 0.800. The van der Waals surface area contributed by atoms with E-state index in [4.69, 9.17) is 0 Å². The van der Waals surface area contributed by atoms with Crippen LogP contribution in [0.25, 0.3) is 0 Å². The van der Waals surface area contributed by atoms with Crippen LogP contribution in [-0.4, -0.2) is 0 Å². The molecule has 1 aromatic carbocycles. The molecule has 0 saturated carbocycles. The summed E-state index contributed by atoms with van der Waals surface area (Å²) in [4.78, 5) is 0. The van der Waals surface area contributed by atoms with Crippen LogP contribution < -0.4 is 5.30 Å². The second-order valence-corrected chi connectivity index (χ2v) is 3.19. The van der Waals surface area contributed by atoms with Gasteiger partial charge in [0.25, 0.3) is 0 Å². The molecule has 0 N–H and O–H groups in total. The van der Waals surface area contributed by atoms with Gasteiger partial charge in [-0.1, -0.05) is 12.1 Å². The van der Waals surface area contributed by atoms with Crippen LogP contribution in [0.5, 0.6) is 0 Å². The Morgan fingerprint density at radius 3 is 2.33 bits per heavy atom. The Hall–Kier alpha value is -0.350. The lowest BCUT2D eigenvalue weighted by atomic mass is 10.2. The zero-order chi connectivity index (χ0) is 6.85. The van der Waals surface area contributed by atoms with Crippen LogP contribution in [-0.2, 0) is 0 Å². The first-order valence-electron chi connectivity index (χ1n) is 3.09. The van der Waals surface area contributed by atoms with Gasteiger partial charge in [0.1, 0.15) is 0 Å². The van der Waals surface area contributed by atoms with Crippen LogP contribution in [0.3, 0.4) is 0 Å². The number of rotatable bonds is 0. The highest BCUT2D eigenvalue weighted by atomic mass is 31.0. The minimum atomic E-state index is 1.35. The third-order valence-corrected chi connectivity index (χ3v) is 2.27. The van der Waals surface area contributed by atoms with Gasteiger partial charge in [0.15, 0.2) is 0 Å². The first-order valence-corrected chi connectivity index (χ1v) is 3.80. The maximum atomic E-state index is 2.22. The molecule has 0 radical (unpaired) electrons. The molecule has 1 unspecified atom stereocenters. The molecule has 0 aliphatic rings. The van der Waals surface area contributed by atoms with Crippen molar-refractivity contribution in [1.29, 1.82) is 0 Å². The smallest absolute Gasteiger partial charge is 0.0588 e. The molecule has 0 aliphatic carbocycles. The molecule has 0 spiro atoms. The quantitative estimate of drug-likeness (QED) is 0.478. The largest absolute Gasteiger partial charge is 0.0896 e. The second-order valence-electron chi connectivity index (χ2n) is 2.43. The molecule has 9 heavy (non-hydrogen) atoms. The highest BCUT2D eigenvalue weighted by Crippen LogP contribution is 2.01. The lowest BCUT2D eigenvalue weighted by Gasteiger charge is -1.94. The predicted molar refractivity (Wildman–Crippen MR) is 46.7 cm³/mol. The van der Waals surface area contributed by atoms with Crippen molar-refractivity contribution >= 4 is 14.5 Å². The van der Waals surface area contributed by atoms with E-state index in [9.17, 15) is 0 Å². The molecule has 1 rings (SSSR count). The zero-order valence-electron chi connectivity index (χ0n) is 5.94. The Balaban J connectivity index is 3.17. The Kier molecular flexibility index (Phi) is 1.87. The highest BCUT2D eigenvalue weighted by molar-refractivity contribution is 7.27. The van der Waals surface area contributed by atoms with E-state index in [-0.39, 0.29) is 0 Å². The lowest BCUT2D eigenvalue weighted by Crippen LogP contribution is -1.95. The number of hydrogen-bond donors (Lipinski definition) is 0. The van der Waals surface area contributed by atoms with E-state index >= 15 is 0 Å². The molecule has 0 aromatic heterocycles. The van der Waals surface area contributed by atoms with Crippen molar-refractivity contribution in [3.63, 3.8) is 0 Å². The van der Waals surface area contributed by atoms with Gasteiger partial charge in [0.05, 0.1) is 5.30 Å². The van der Waals surface area contributed by atoms with Crippen molar-refractivity contribution in [1.82, 2.24) is 0 Å². The van der Waals surface area contributed by atoms with Crippen LogP contribution in [0, 0.1) is 13.8 Å². The highest BCUT2D eigenvalue weighted by Gasteiger charge is 1.93. The Labute approximate surface area is 58.5 Å². The predicted octanol–water partition coefficient (Wildman–Crippen LogP) is 1.54. The van der Waals surface area contributed by atoms with Crippen molar-refractivity contribution in [2.75, 3.05) is 0 Å². The van der Waals surface area contributed by atoms with Gasteiger partial charge in [-0.3, -0.25) is 0 Å². The summed E-state index contributed by atoms with van der Waals surface area (Å²) >= 11 is 0. The molecule has 48 valence electrons. The first kappa shape index (κ1) is 6.77.